The SMILES string of the molecule is Cc1nc(Cn2c(C)c(C)c3ccnc(OCC4CCCC4)c32)cs1.Cl. The lowest BCUT2D eigenvalue weighted by molar-refractivity contribution is 0.245. The molecule has 3 aromatic heterocycles. The van der Waals surface area contributed by atoms with Gasteiger partial charge < -0.3 is 9.30 Å². The van der Waals surface area contributed by atoms with Crippen LogP contribution >= 0.6 is 23.7 Å². The van der Waals surface area contributed by atoms with Crippen LogP contribution in [0.25, 0.3) is 10.9 Å². The number of aromatic nitrogens is 3. The van der Waals surface area contributed by atoms with E-state index in [9.17, 15) is 0 Å². The molecule has 4 rings (SSSR count). The molecular weight excluding hydrogens is 366 g/mol. The molecule has 1 aliphatic carbocycles. The predicted molar refractivity (Wildman–Crippen MR) is 110 cm³/mol. The van der Waals surface area contributed by atoms with Crippen molar-refractivity contribution >= 4 is 34.6 Å². The van der Waals surface area contributed by atoms with Crippen molar-refractivity contribution in [3.05, 3.63) is 39.6 Å². The minimum Gasteiger partial charge on any atom is -0.476 e. The second-order valence-corrected chi connectivity index (χ2v) is 8.19. The van der Waals surface area contributed by atoms with E-state index < -0.39 is 0 Å². The Labute approximate surface area is 165 Å². The van der Waals surface area contributed by atoms with Crippen molar-refractivity contribution in [1.29, 1.82) is 0 Å². The zero-order chi connectivity index (χ0) is 17.4. The monoisotopic (exact) mass is 391 g/mol. The van der Waals surface area contributed by atoms with Gasteiger partial charge >= 0.3 is 0 Å². The smallest absolute Gasteiger partial charge is 0.238 e. The van der Waals surface area contributed by atoms with Crippen molar-refractivity contribution in [1.82, 2.24) is 14.5 Å². The molecule has 1 saturated carbocycles. The molecule has 3 aromatic rings. The summed E-state index contributed by atoms with van der Waals surface area (Å²) in [4.78, 5) is 9.21. The van der Waals surface area contributed by atoms with Gasteiger partial charge in [-0.15, -0.1) is 23.7 Å². The largest absolute Gasteiger partial charge is 0.476 e. The molecule has 1 aliphatic rings. The summed E-state index contributed by atoms with van der Waals surface area (Å²) in [5.41, 5.74) is 4.78. The van der Waals surface area contributed by atoms with Gasteiger partial charge in [0.05, 0.1) is 23.9 Å². The van der Waals surface area contributed by atoms with Crippen molar-refractivity contribution < 1.29 is 4.74 Å². The van der Waals surface area contributed by atoms with Gasteiger partial charge in [-0.05, 0) is 51.2 Å². The second-order valence-electron chi connectivity index (χ2n) is 7.13. The maximum absolute atomic E-state index is 6.21. The zero-order valence-corrected chi connectivity index (χ0v) is 17.3. The van der Waals surface area contributed by atoms with Crippen LogP contribution in [-0.4, -0.2) is 21.1 Å². The maximum atomic E-state index is 6.21. The third-order valence-corrected chi connectivity index (χ3v) is 6.25. The van der Waals surface area contributed by atoms with Gasteiger partial charge in [-0.3, -0.25) is 0 Å². The van der Waals surface area contributed by atoms with Gasteiger partial charge in [0.1, 0.15) is 5.52 Å². The molecule has 26 heavy (non-hydrogen) atoms. The Bertz CT molecular complexity index is 896. The van der Waals surface area contributed by atoms with Crippen molar-refractivity contribution in [3.63, 3.8) is 0 Å². The number of hydrogen-bond donors (Lipinski definition) is 0. The first-order chi connectivity index (χ1) is 12.1. The first-order valence-electron chi connectivity index (χ1n) is 9.11. The Morgan fingerprint density at radius 2 is 2.00 bits per heavy atom. The van der Waals surface area contributed by atoms with E-state index in [1.54, 1.807) is 11.3 Å². The molecule has 0 atom stereocenters. The zero-order valence-electron chi connectivity index (χ0n) is 15.6. The molecular formula is C20H26ClN3OS. The lowest BCUT2D eigenvalue weighted by atomic mass is 10.1. The highest BCUT2D eigenvalue weighted by Gasteiger charge is 2.20. The molecule has 0 amide bonds. The van der Waals surface area contributed by atoms with E-state index in [0.29, 0.717) is 5.92 Å². The van der Waals surface area contributed by atoms with Crippen LogP contribution in [0.3, 0.4) is 0 Å². The standard InChI is InChI=1S/C20H25N3OS.ClH/c1-13-14(2)23(10-17-12-25-15(3)22-17)19-18(13)8-9-21-20(19)24-11-16-6-4-5-7-16;/h8-9,12,16H,4-7,10-11H2,1-3H3;1H. The number of nitrogens with zero attached hydrogens (tertiary/aromatic N) is 3. The molecule has 0 radical (unpaired) electrons. The fourth-order valence-corrected chi connectivity index (χ4v) is 4.49. The number of pyridine rings is 1. The van der Waals surface area contributed by atoms with E-state index in [-0.39, 0.29) is 12.4 Å². The second kappa shape index (κ2) is 7.97. The maximum Gasteiger partial charge on any atom is 0.238 e. The molecule has 0 aliphatic heterocycles. The lowest BCUT2D eigenvalue weighted by Crippen LogP contribution is -2.10. The quantitative estimate of drug-likeness (QED) is 0.580. The summed E-state index contributed by atoms with van der Waals surface area (Å²) in [7, 11) is 0. The minimum absolute atomic E-state index is 0. The first kappa shape index (κ1) is 19.2. The van der Waals surface area contributed by atoms with E-state index in [0.717, 1.165) is 35.2 Å². The highest BCUT2D eigenvalue weighted by atomic mass is 35.5. The van der Waals surface area contributed by atoms with Crippen LogP contribution in [0, 0.1) is 26.7 Å². The molecule has 140 valence electrons. The summed E-state index contributed by atoms with van der Waals surface area (Å²) in [5.74, 6) is 1.46. The molecule has 0 aromatic carbocycles. The molecule has 1 fully saturated rings. The summed E-state index contributed by atoms with van der Waals surface area (Å²) in [6, 6.07) is 2.10. The Hall–Kier alpha value is -1.59. The number of fused-ring (bicyclic) bond motifs is 1. The van der Waals surface area contributed by atoms with Crippen LogP contribution in [0.15, 0.2) is 17.6 Å². The van der Waals surface area contributed by atoms with Crippen LogP contribution < -0.4 is 4.74 Å². The minimum atomic E-state index is 0. The Balaban J connectivity index is 0.00000196. The highest BCUT2D eigenvalue weighted by molar-refractivity contribution is 7.09. The predicted octanol–water partition coefficient (Wildman–Crippen LogP) is 5.46. The molecule has 0 spiro atoms. The van der Waals surface area contributed by atoms with Crippen LogP contribution in [0.5, 0.6) is 5.88 Å². The van der Waals surface area contributed by atoms with Crippen LogP contribution in [-0.2, 0) is 6.54 Å². The van der Waals surface area contributed by atoms with Crippen molar-refractivity contribution in [3.8, 4) is 5.88 Å². The van der Waals surface area contributed by atoms with E-state index in [1.165, 1.54) is 42.3 Å². The molecule has 3 heterocycles. The van der Waals surface area contributed by atoms with Crippen LogP contribution in [0.2, 0.25) is 0 Å². The molecule has 6 heteroatoms. The Morgan fingerprint density at radius 1 is 1.23 bits per heavy atom. The summed E-state index contributed by atoms with van der Waals surface area (Å²) in [5, 5.41) is 4.49. The van der Waals surface area contributed by atoms with Gasteiger partial charge in [-0.25, -0.2) is 9.97 Å². The summed E-state index contributed by atoms with van der Waals surface area (Å²) >= 11 is 1.70. The van der Waals surface area contributed by atoms with Crippen molar-refractivity contribution in [2.75, 3.05) is 6.61 Å². The number of rotatable bonds is 5. The average Bonchev–Trinajstić information content (AvgIpc) is 3.32. The van der Waals surface area contributed by atoms with Gasteiger partial charge in [0.15, 0.2) is 0 Å². The third-order valence-electron chi connectivity index (χ3n) is 5.43. The number of halogens is 1. The van der Waals surface area contributed by atoms with E-state index in [1.807, 2.05) is 6.20 Å². The first-order valence-corrected chi connectivity index (χ1v) is 9.99. The molecule has 0 bridgehead atoms. The number of thiazole rings is 1. The lowest BCUT2D eigenvalue weighted by Gasteiger charge is -2.13. The van der Waals surface area contributed by atoms with E-state index in [4.69, 9.17) is 4.74 Å². The molecule has 0 N–H and O–H groups in total. The molecule has 0 saturated heterocycles. The van der Waals surface area contributed by atoms with Crippen molar-refractivity contribution in [2.45, 2.75) is 53.0 Å². The number of ether oxygens (including phenoxy) is 1. The third kappa shape index (κ3) is 3.60. The van der Waals surface area contributed by atoms with Crippen LogP contribution in [0.4, 0.5) is 0 Å². The van der Waals surface area contributed by atoms with Gasteiger partial charge in [0, 0.05) is 22.7 Å². The average molecular weight is 392 g/mol. The van der Waals surface area contributed by atoms with Crippen LogP contribution in [0.1, 0.15) is 47.6 Å². The fourth-order valence-electron chi connectivity index (χ4n) is 3.88. The number of hydrogen-bond acceptors (Lipinski definition) is 4. The summed E-state index contributed by atoms with van der Waals surface area (Å²) in [6.45, 7) is 7.96. The van der Waals surface area contributed by atoms with Gasteiger partial charge in [0.25, 0.3) is 0 Å². The van der Waals surface area contributed by atoms with Gasteiger partial charge in [0.2, 0.25) is 5.88 Å². The van der Waals surface area contributed by atoms with Gasteiger partial charge in [-0.1, -0.05) is 12.8 Å². The molecule has 0 unspecified atom stereocenters. The highest BCUT2D eigenvalue weighted by Crippen LogP contribution is 2.33. The Kier molecular flexibility index (Phi) is 5.88. The van der Waals surface area contributed by atoms with E-state index >= 15 is 0 Å². The number of aryl methyl sites for hydroxylation is 2. The van der Waals surface area contributed by atoms with E-state index in [2.05, 4.69) is 46.8 Å². The topological polar surface area (TPSA) is 39.9 Å². The molecule has 4 nitrogen and oxygen atoms in total. The van der Waals surface area contributed by atoms with Gasteiger partial charge in [-0.2, -0.15) is 0 Å². The van der Waals surface area contributed by atoms with Crippen molar-refractivity contribution in [2.24, 2.45) is 5.92 Å². The Morgan fingerprint density at radius 3 is 2.69 bits per heavy atom. The summed E-state index contributed by atoms with van der Waals surface area (Å²) < 4.78 is 8.52. The fraction of sp³-hybridized carbons (Fsp3) is 0.500. The normalized spacial score (nSPS) is 14.7. The summed E-state index contributed by atoms with van der Waals surface area (Å²) in [6.07, 6.45) is 7.11.